The number of rotatable bonds is 5. The average molecular weight is 193 g/mol. The summed E-state index contributed by atoms with van der Waals surface area (Å²) in [6, 6.07) is 7.64. The molecule has 0 aromatic heterocycles. The quantitative estimate of drug-likeness (QED) is 0.533. The van der Waals surface area contributed by atoms with E-state index in [0.29, 0.717) is 0 Å². The van der Waals surface area contributed by atoms with Gasteiger partial charge < -0.3 is 0 Å². The summed E-state index contributed by atoms with van der Waals surface area (Å²) in [5, 5.41) is 10.2. The summed E-state index contributed by atoms with van der Waals surface area (Å²) in [5.41, 5.74) is 2.04. The zero-order valence-electron chi connectivity index (χ0n) is 8.40. The number of hydrogen-bond acceptors (Lipinski definition) is 2. The number of unbranched alkanes of at least 4 members (excludes halogenated alkanes) is 1. The molecular formula is C11H15NO2. The van der Waals surface area contributed by atoms with Crippen molar-refractivity contribution in [2.24, 2.45) is 0 Å². The lowest BCUT2D eigenvalue weighted by Gasteiger charge is -2.00. The van der Waals surface area contributed by atoms with Crippen LogP contribution in [0.2, 0.25) is 0 Å². The van der Waals surface area contributed by atoms with Crippen LogP contribution in [0.25, 0.3) is 0 Å². The minimum absolute atomic E-state index is 0.0753. The molecule has 1 aromatic carbocycles. The summed E-state index contributed by atoms with van der Waals surface area (Å²) in [6.07, 6.45) is 3.42. The van der Waals surface area contributed by atoms with Crippen LogP contribution < -0.4 is 0 Å². The fourth-order valence-electron chi connectivity index (χ4n) is 1.34. The molecule has 14 heavy (non-hydrogen) atoms. The first-order chi connectivity index (χ1) is 6.72. The van der Waals surface area contributed by atoms with E-state index in [1.165, 1.54) is 18.4 Å². The van der Waals surface area contributed by atoms with Crippen molar-refractivity contribution in [3.8, 4) is 0 Å². The van der Waals surface area contributed by atoms with Gasteiger partial charge in [-0.1, -0.05) is 37.6 Å². The molecule has 0 heterocycles. The highest BCUT2D eigenvalue weighted by Crippen LogP contribution is 2.08. The standard InChI is InChI=1S/C11H15NO2/c1-2-3-4-10-5-7-11(8-6-10)9-12(13)14/h5-8H,2-4,9H2,1H3. The fraction of sp³-hybridized carbons (Fsp3) is 0.455. The van der Waals surface area contributed by atoms with Gasteiger partial charge in [-0.25, -0.2) is 0 Å². The number of benzene rings is 1. The van der Waals surface area contributed by atoms with Gasteiger partial charge in [-0.2, -0.15) is 0 Å². The molecule has 0 aliphatic carbocycles. The minimum Gasteiger partial charge on any atom is -0.264 e. The molecule has 0 saturated heterocycles. The van der Waals surface area contributed by atoms with Crippen LogP contribution in [0.15, 0.2) is 24.3 Å². The van der Waals surface area contributed by atoms with Crippen molar-refractivity contribution in [3.05, 3.63) is 45.5 Å². The Morgan fingerprint density at radius 2 is 1.79 bits per heavy atom. The van der Waals surface area contributed by atoms with Crippen LogP contribution in [0.3, 0.4) is 0 Å². The molecular weight excluding hydrogens is 178 g/mol. The van der Waals surface area contributed by atoms with E-state index in [2.05, 4.69) is 6.92 Å². The molecule has 0 N–H and O–H groups in total. The second-order valence-electron chi connectivity index (χ2n) is 3.41. The molecule has 0 atom stereocenters. The molecule has 0 saturated carbocycles. The first-order valence-electron chi connectivity index (χ1n) is 4.92. The third-order valence-corrected chi connectivity index (χ3v) is 2.15. The van der Waals surface area contributed by atoms with Crippen LogP contribution in [-0.2, 0) is 13.0 Å². The predicted octanol–water partition coefficient (Wildman–Crippen LogP) is 2.81. The normalized spacial score (nSPS) is 10.1. The molecule has 0 aliphatic heterocycles. The van der Waals surface area contributed by atoms with Crippen molar-refractivity contribution >= 4 is 0 Å². The number of aryl methyl sites for hydroxylation is 1. The van der Waals surface area contributed by atoms with Crippen molar-refractivity contribution in [3.63, 3.8) is 0 Å². The molecule has 0 fully saturated rings. The monoisotopic (exact) mass is 193 g/mol. The Balaban J connectivity index is 2.54. The van der Waals surface area contributed by atoms with E-state index in [1.807, 2.05) is 24.3 Å². The van der Waals surface area contributed by atoms with E-state index in [0.717, 1.165) is 12.0 Å². The van der Waals surface area contributed by atoms with Crippen molar-refractivity contribution in [2.75, 3.05) is 0 Å². The Kier molecular flexibility index (Phi) is 4.11. The summed E-state index contributed by atoms with van der Waals surface area (Å²) >= 11 is 0. The molecule has 1 rings (SSSR count). The molecule has 0 amide bonds. The molecule has 0 aliphatic rings. The Morgan fingerprint density at radius 1 is 1.21 bits per heavy atom. The highest BCUT2D eigenvalue weighted by atomic mass is 16.6. The zero-order chi connectivity index (χ0) is 10.4. The molecule has 0 spiro atoms. The SMILES string of the molecule is CCCCc1ccc(C[N+](=O)[O-])cc1. The zero-order valence-corrected chi connectivity index (χ0v) is 8.40. The summed E-state index contributed by atoms with van der Waals surface area (Å²) < 4.78 is 0. The van der Waals surface area contributed by atoms with Crippen LogP contribution >= 0.6 is 0 Å². The van der Waals surface area contributed by atoms with E-state index in [-0.39, 0.29) is 11.5 Å². The fourth-order valence-corrected chi connectivity index (χ4v) is 1.34. The van der Waals surface area contributed by atoms with Gasteiger partial charge in [-0.15, -0.1) is 0 Å². The Labute approximate surface area is 83.9 Å². The predicted molar refractivity (Wildman–Crippen MR) is 55.8 cm³/mol. The molecule has 3 heteroatoms. The van der Waals surface area contributed by atoms with Gasteiger partial charge in [0.15, 0.2) is 0 Å². The van der Waals surface area contributed by atoms with Gasteiger partial charge >= 0.3 is 0 Å². The Hall–Kier alpha value is -1.38. The Bertz CT molecular complexity index is 293. The van der Waals surface area contributed by atoms with Gasteiger partial charge in [0.05, 0.1) is 0 Å². The van der Waals surface area contributed by atoms with Gasteiger partial charge in [-0.05, 0) is 18.4 Å². The second kappa shape index (κ2) is 5.37. The topological polar surface area (TPSA) is 43.1 Å². The third-order valence-electron chi connectivity index (χ3n) is 2.15. The maximum atomic E-state index is 10.2. The molecule has 3 nitrogen and oxygen atoms in total. The first-order valence-corrected chi connectivity index (χ1v) is 4.92. The maximum absolute atomic E-state index is 10.2. The smallest absolute Gasteiger partial charge is 0.228 e. The van der Waals surface area contributed by atoms with E-state index in [9.17, 15) is 10.1 Å². The summed E-state index contributed by atoms with van der Waals surface area (Å²) in [4.78, 5) is 9.93. The highest BCUT2D eigenvalue weighted by Gasteiger charge is 2.00. The van der Waals surface area contributed by atoms with E-state index in [4.69, 9.17) is 0 Å². The number of nitro groups is 1. The lowest BCUT2D eigenvalue weighted by Crippen LogP contribution is -1.98. The number of nitrogens with zero attached hydrogens (tertiary/aromatic N) is 1. The van der Waals surface area contributed by atoms with Crippen LogP contribution in [0.1, 0.15) is 30.9 Å². The van der Waals surface area contributed by atoms with Crippen LogP contribution in [0.5, 0.6) is 0 Å². The number of hydrogen-bond donors (Lipinski definition) is 0. The van der Waals surface area contributed by atoms with Gasteiger partial charge in [-0.3, -0.25) is 10.1 Å². The summed E-state index contributed by atoms with van der Waals surface area (Å²) in [6.45, 7) is 2.08. The summed E-state index contributed by atoms with van der Waals surface area (Å²) in [5.74, 6) is 0. The van der Waals surface area contributed by atoms with Gasteiger partial charge in [0.1, 0.15) is 0 Å². The first kappa shape index (κ1) is 10.7. The van der Waals surface area contributed by atoms with Crippen molar-refractivity contribution in [1.82, 2.24) is 0 Å². The molecule has 76 valence electrons. The lowest BCUT2D eigenvalue weighted by atomic mass is 10.1. The molecule has 0 radical (unpaired) electrons. The van der Waals surface area contributed by atoms with Gasteiger partial charge in [0.2, 0.25) is 6.54 Å². The Morgan fingerprint density at radius 3 is 2.29 bits per heavy atom. The minimum atomic E-state index is -0.305. The van der Waals surface area contributed by atoms with E-state index in [1.54, 1.807) is 0 Å². The van der Waals surface area contributed by atoms with E-state index < -0.39 is 0 Å². The molecule has 0 unspecified atom stereocenters. The third kappa shape index (κ3) is 3.56. The van der Waals surface area contributed by atoms with E-state index >= 15 is 0 Å². The molecule has 1 aromatic rings. The van der Waals surface area contributed by atoms with Crippen LogP contribution in [0, 0.1) is 10.1 Å². The van der Waals surface area contributed by atoms with Gasteiger partial charge in [0.25, 0.3) is 0 Å². The highest BCUT2D eigenvalue weighted by molar-refractivity contribution is 5.21. The summed E-state index contributed by atoms with van der Waals surface area (Å²) in [7, 11) is 0. The van der Waals surface area contributed by atoms with Crippen LogP contribution in [0.4, 0.5) is 0 Å². The molecule has 0 bridgehead atoms. The van der Waals surface area contributed by atoms with Crippen molar-refractivity contribution in [2.45, 2.75) is 32.7 Å². The largest absolute Gasteiger partial charge is 0.264 e. The second-order valence-corrected chi connectivity index (χ2v) is 3.41. The van der Waals surface area contributed by atoms with Crippen molar-refractivity contribution in [1.29, 1.82) is 0 Å². The lowest BCUT2D eigenvalue weighted by molar-refractivity contribution is -0.496. The average Bonchev–Trinajstić information content (AvgIpc) is 2.16. The van der Waals surface area contributed by atoms with Gasteiger partial charge in [0, 0.05) is 10.5 Å². The van der Waals surface area contributed by atoms with Crippen molar-refractivity contribution < 1.29 is 4.92 Å². The van der Waals surface area contributed by atoms with Crippen LogP contribution in [-0.4, -0.2) is 4.92 Å². The maximum Gasteiger partial charge on any atom is 0.228 e.